The lowest BCUT2D eigenvalue weighted by Crippen LogP contribution is -2.37. The van der Waals surface area contributed by atoms with E-state index in [2.05, 4.69) is 29.2 Å². The zero-order valence-corrected chi connectivity index (χ0v) is 13.0. The van der Waals surface area contributed by atoms with E-state index in [0.717, 1.165) is 38.2 Å². The molecule has 118 valence electrons. The first kappa shape index (κ1) is 16.0. The summed E-state index contributed by atoms with van der Waals surface area (Å²) in [6, 6.07) is 2.17. The zero-order valence-electron chi connectivity index (χ0n) is 13.0. The van der Waals surface area contributed by atoms with Crippen molar-refractivity contribution in [3.8, 4) is 0 Å². The monoisotopic (exact) mass is 294 g/mol. The van der Waals surface area contributed by atoms with Crippen LogP contribution in [0.3, 0.4) is 0 Å². The Kier molecular flexibility index (Phi) is 6.20. The first-order valence-corrected chi connectivity index (χ1v) is 7.84. The smallest absolute Gasteiger partial charge is 0.268 e. The summed E-state index contributed by atoms with van der Waals surface area (Å²) in [6.45, 7) is 9.01. The average Bonchev–Trinajstić information content (AvgIpc) is 2.50. The second-order valence-electron chi connectivity index (χ2n) is 5.48. The summed E-state index contributed by atoms with van der Waals surface area (Å²) < 4.78 is 6.88. The molecule has 0 amide bonds. The molecule has 1 fully saturated rings. The topological polar surface area (TPSA) is 59.4 Å². The Morgan fingerprint density at radius 3 is 2.86 bits per heavy atom. The number of nitrogens with one attached hydrogen (secondary N) is 1. The molecule has 0 saturated carbocycles. The van der Waals surface area contributed by atoms with Crippen LogP contribution in [0.15, 0.2) is 17.1 Å². The summed E-state index contributed by atoms with van der Waals surface area (Å²) in [7, 11) is 0. The average molecular weight is 294 g/mol. The molecule has 1 aliphatic rings. The summed E-state index contributed by atoms with van der Waals surface area (Å²) >= 11 is 0. The van der Waals surface area contributed by atoms with E-state index >= 15 is 0 Å². The molecule has 2 rings (SSSR count). The fourth-order valence-electron chi connectivity index (χ4n) is 2.58. The maximum atomic E-state index is 12.1. The standard InChI is InChI=1S/C15H26N4O2/c1-3-16-13(2)5-4-6-19-15(20)11-14(12-17-19)18-7-9-21-10-8-18/h11-13,16H,3-10H2,1-2H3. The number of rotatable bonds is 7. The minimum Gasteiger partial charge on any atom is -0.378 e. The summed E-state index contributed by atoms with van der Waals surface area (Å²) in [5, 5.41) is 7.67. The number of hydrogen-bond acceptors (Lipinski definition) is 5. The van der Waals surface area contributed by atoms with Crippen molar-refractivity contribution in [2.75, 3.05) is 37.7 Å². The molecule has 21 heavy (non-hydrogen) atoms. The van der Waals surface area contributed by atoms with E-state index in [1.165, 1.54) is 0 Å². The SMILES string of the molecule is CCNC(C)CCCn1ncc(N2CCOCC2)cc1=O. The first-order valence-electron chi connectivity index (χ1n) is 7.84. The highest BCUT2D eigenvalue weighted by Crippen LogP contribution is 2.11. The van der Waals surface area contributed by atoms with Gasteiger partial charge in [0.15, 0.2) is 0 Å². The van der Waals surface area contributed by atoms with Crippen molar-refractivity contribution in [3.63, 3.8) is 0 Å². The molecule has 1 unspecified atom stereocenters. The van der Waals surface area contributed by atoms with Crippen LogP contribution >= 0.6 is 0 Å². The van der Waals surface area contributed by atoms with Crippen molar-refractivity contribution in [1.82, 2.24) is 15.1 Å². The predicted molar refractivity (Wildman–Crippen MR) is 83.9 cm³/mol. The van der Waals surface area contributed by atoms with Gasteiger partial charge in [0.1, 0.15) is 0 Å². The Bertz CT molecular complexity index is 483. The van der Waals surface area contributed by atoms with E-state index in [-0.39, 0.29) is 5.56 Å². The van der Waals surface area contributed by atoms with E-state index in [0.29, 0.717) is 25.8 Å². The van der Waals surface area contributed by atoms with Gasteiger partial charge in [0.2, 0.25) is 0 Å². The summed E-state index contributed by atoms with van der Waals surface area (Å²) in [6.07, 6.45) is 3.80. The van der Waals surface area contributed by atoms with Gasteiger partial charge >= 0.3 is 0 Å². The number of morpholine rings is 1. The third-order valence-electron chi connectivity index (χ3n) is 3.79. The minimum absolute atomic E-state index is 0.0184. The van der Waals surface area contributed by atoms with Gasteiger partial charge in [0.05, 0.1) is 25.1 Å². The molecule has 0 aromatic carbocycles. The molecule has 1 atom stereocenters. The number of anilines is 1. The summed E-state index contributed by atoms with van der Waals surface area (Å²) in [4.78, 5) is 14.3. The van der Waals surface area contributed by atoms with Crippen molar-refractivity contribution in [2.45, 2.75) is 39.3 Å². The van der Waals surface area contributed by atoms with Crippen molar-refractivity contribution in [2.24, 2.45) is 0 Å². The van der Waals surface area contributed by atoms with Crippen LogP contribution in [0, 0.1) is 0 Å². The molecular formula is C15H26N4O2. The molecule has 0 aliphatic carbocycles. The molecular weight excluding hydrogens is 268 g/mol. The van der Waals surface area contributed by atoms with Gasteiger partial charge < -0.3 is 15.0 Å². The van der Waals surface area contributed by atoms with Gasteiger partial charge in [-0.15, -0.1) is 0 Å². The molecule has 0 bridgehead atoms. The lowest BCUT2D eigenvalue weighted by Gasteiger charge is -2.28. The quantitative estimate of drug-likeness (QED) is 0.808. The van der Waals surface area contributed by atoms with Crippen LogP contribution in [0.2, 0.25) is 0 Å². The van der Waals surface area contributed by atoms with Gasteiger partial charge in [0, 0.05) is 31.7 Å². The Labute approximate surface area is 126 Å². The molecule has 1 N–H and O–H groups in total. The largest absolute Gasteiger partial charge is 0.378 e. The van der Waals surface area contributed by atoms with Crippen molar-refractivity contribution in [1.29, 1.82) is 0 Å². The Balaban J connectivity index is 1.88. The number of aromatic nitrogens is 2. The van der Waals surface area contributed by atoms with E-state index in [1.54, 1.807) is 16.9 Å². The molecule has 1 aromatic rings. The second-order valence-corrected chi connectivity index (χ2v) is 5.48. The van der Waals surface area contributed by atoms with Gasteiger partial charge in [-0.25, -0.2) is 4.68 Å². The Morgan fingerprint density at radius 1 is 1.43 bits per heavy atom. The van der Waals surface area contributed by atoms with Gasteiger partial charge in [-0.2, -0.15) is 5.10 Å². The predicted octanol–water partition coefficient (Wildman–Crippen LogP) is 0.858. The van der Waals surface area contributed by atoms with E-state index in [9.17, 15) is 4.79 Å². The van der Waals surface area contributed by atoms with Crippen molar-refractivity contribution in [3.05, 3.63) is 22.6 Å². The van der Waals surface area contributed by atoms with Crippen LogP contribution in [0.4, 0.5) is 5.69 Å². The zero-order chi connectivity index (χ0) is 15.1. The van der Waals surface area contributed by atoms with Crippen LogP contribution in [0.5, 0.6) is 0 Å². The van der Waals surface area contributed by atoms with Crippen LogP contribution in [-0.2, 0) is 11.3 Å². The normalized spacial score (nSPS) is 17.0. The number of hydrogen-bond donors (Lipinski definition) is 1. The van der Waals surface area contributed by atoms with Crippen molar-refractivity contribution >= 4 is 5.69 Å². The maximum Gasteiger partial charge on any atom is 0.268 e. The van der Waals surface area contributed by atoms with Crippen LogP contribution < -0.4 is 15.8 Å². The highest BCUT2D eigenvalue weighted by atomic mass is 16.5. The summed E-state index contributed by atoms with van der Waals surface area (Å²) in [5.41, 5.74) is 0.885. The second kappa shape index (κ2) is 8.14. The molecule has 1 saturated heterocycles. The lowest BCUT2D eigenvalue weighted by molar-refractivity contribution is 0.122. The highest BCUT2D eigenvalue weighted by Gasteiger charge is 2.12. The third kappa shape index (κ3) is 4.82. The van der Waals surface area contributed by atoms with Crippen LogP contribution in [0.1, 0.15) is 26.7 Å². The lowest BCUT2D eigenvalue weighted by atomic mass is 10.2. The molecule has 1 aliphatic heterocycles. The van der Waals surface area contributed by atoms with Gasteiger partial charge in [-0.05, 0) is 26.3 Å². The van der Waals surface area contributed by atoms with Gasteiger partial charge in [0.25, 0.3) is 5.56 Å². The van der Waals surface area contributed by atoms with E-state index in [4.69, 9.17) is 4.74 Å². The molecule has 1 aromatic heterocycles. The molecule has 6 heteroatoms. The fraction of sp³-hybridized carbons (Fsp3) is 0.733. The fourth-order valence-corrected chi connectivity index (χ4v) is 2.58. The Morgan fingerprint density at radius 2 is 2.19 bits per heavy atom. The number of aryl methyl sites for hydroxylation is 1. The molecule has 0 radical (unpaired) electrons. The first-order chi connectivity index (χ1) is 10.2. The molecule has 2 heterocycles. The summed E-state index contributed by atoms with van der Waals surface area (Å²) in [5.74, 6) is 0. The Hall–Kier alpha value is -1.40. The number of nitrogens with zero attached hydrogens (tertiary/aromatic N) is 3. The third-order valence-corrected chi connectivity index (χ3v) is 3.79. The minimum atomic E-state index is -0.0184. The van der Waals surface area contributed by atoms with Gasteiger partial charge in [-0.1, -0.05) is 6.92 Å². The molecule has 0 spiro atoms. The van der Waals surface area contributed by atoms with Crippen molar-refractivity contribution < 1.29 is 4.74 Å². The van der Waals surface area contributed by atoms with E-state index < -0.39 is 0 Å². The number of ether oxygens (including phenoxy) is 1. The maximum absolute atomic E-state index is 12.1. The molecule has 6 nitrogen and oxygen atoms in total. The highest BCUT2D eigenvalue weighted by molar-refractivity contribution is 5.43. The van der Waals surface area contributed by atoms with Gasteiger partial charge in [-0.3, -0.25) is 4.79 Å². The van der Waals surface area contributed by atoms with E-state index in [1.807, 2.05) is 0 Å². The van der Waals surface area contributed by atoms with Crippen LogP contribution in [0.25, 0.3) is 0 Å². The van der Waals surface area contributed by atoms with Crippen LogP contribution in [-0.4, -0.2) is 48.7 Å².